The normalized spacial score (nSPS) is 14.1. The lowest BCUT2D eigenvalue weighted by atomic mass is 9.79. The summed E-state index contributed by atoms with van der Waals surface area (Å²) >= 11 is 2.79. The molecule has 9 nitrogen and oxygen atoms in total. The molecule has 1 N–H and O–H groups in total. The van der Waals surface area contributed by atoms with Crippen molar-refractivity contribution < 1.29 is 19.1 Å². The summed E-state index contributed by atoms with van der Waals surface area (Å²) in [6.45, 7) is 4.04. The van der Waals surface area contributed by atoms with Crippen LogP contribution in [0.25, 0.3) is 11.3 Å². The first-order valence-corrected chi connectivity index (χ1v) is 16.5. The van der Waals surface area contributed by atoms with Gasteiger partial charge in [-0.25, -0.2) is 15.0 Å². The summed E-state index contributed by atoms with van der Waals surface area (Å²) in [5.41, 5.74) is 3.00. The second-order valence-electron chi connectivity index (χ2n) is 10.8. The van der Waals surface area contributed by atoms with E-state index in [1.54, 1.807) is 37.3 Å². The Labute approximate surface area is 266 Å². The number of hydrogen-bond donors (Lipinski definition) is 1. The van der Waals surface area contributed by atoms with Crippen LogP contribution in [0.3, 0.4) is 0 Å². The molecule has 11 heteroatoms. The minimum atomic E-state index is -1.07. The Morgan fingerprint density at radius 2 is 1.68 bits per heavy atom. The molecule has 0 saturated heterocycles. The van der Waals surface area contributed by atoms with Gasteiger partial charge in [0, 0.05) is 28.4 Å². The van der Waals surface area contributed by atoms with Gasteiger partial charge in [-0.2, -0.15) is 0 Å². The van der Waals surface area contributed by atoms with E-state index in [-0.39, 0.29) is 24.1 Å². The van der Waals surface area contributed by atoms with Gasteiger partial charge >= 0.3 is 0 Å². The van der Waals surface area contributed by atoms with Gasteiger partial charge < -0.3 is 19.7 Å². The number of ether oxygens (including phenoxy) is 2. The van der Waals surface area contributed by atoms with E-state index in [9.17, 15) is 9.59 Å². The van der Waals surface area contributed by atoms with E-state index in [1.165, 1.54) is 23.1 Å². The summed E-state index contributed by atoms with van der Waals surface area (Å²) in [6, 6.07) is 17.1. The summed E-state index contributed by atoms with van der Waals surface area (Å²) in [4.78, 5) is 44.3. The second kappa shape index (κ2) is 14.2. The van der Waals surface area contributed by atoms with E-state index in [0.29, 0.717) is 35.2 Å². The molecule has 44 heavy (non-hydrogen) atoms. The molecule has 2 amide bonds. The molecule has 2 aromatic heterocycles. The number of anilines is 1. The molecule has 1 aliphatic carbocycles. The lowest BCUT2D eigenvalue weighted by molar-refractivity contribution is -0.146. The SMILES string of the molecule is COc1ccc(NC(=O)C2(N(Cc3nc(-c4ccccc4)cs3)C(=O)CSc3nc(C)cc(C)n3)CCCCC2)c(OC)c1. The zero-order chi connectivity index (χ0) is 31.1. The highest BCUT2D eigenvalue weighted by Crippen LogP contribution is 2.39. The van der Waals surface area contributed by atoms with Crippen LogP contribution in [-0.4, -0.2) is 57.2 Å². The van der Waals surface area contributed by atoms with Crippen LogP contribution in [-0.2, 0) is 16.1 Å². The standard InChI is InChI=1S/C33H37N5O4S2/c1-22-17-23(2)35-32(34-22)44-21-30(39)38(19-29-36-27(20-43-29)24-11-7-5-8-12-24)33(15-9-6-10-16-33)31(40)37-26-14-13-25(41-3)18-28(26)42-4/h5,7-8,11-14,17-18,20H,6,9-10,15-16,19,21H2,1-4H3,(H,37,40). The van der Waals surface area contributed by atoms with E-state index in [0.717, 1.165) is 46.9 Å². The number of aryl methyl sites for hydroxylation is 2. The monoisotopic (exact) mass is 631 g/mol. The van der Waals surface area contributed by atoms with Crippen molar-refractivity contribution in [2.75, 3.05) is 25.3 Å². The third kappa shape index (κ3) is 7.22. The van der Waals surface area contributed by atoms with Gasteiger partial charge in [-0.15, -0.1) is 11.3 Å². The topological polar surface area (TPSA) is 107 Å². The fourth-order valence-electron chi connectivity index (χ4n) is 5.60. The molecule has 1 fully saturated rings. The molecule has 0 spiro atoms. The third-order valence-corrected chi connectivity index (χ3v) is 9.44. The summed E-state index contributed by atoms with van der Waals surface area (Å²) in [7, 11) is 3.13. The fraction of sp³-hybridized carbons (Fsp3) is 0.364. The van der Waals surface area contributed by atoms with Gasteiger partial charge in [0.25, 0.3) is 0 Å². The Hall–Kier alpha value is -3.96. The van der Waals surface area contributed by atoms with Gasteiger partial charge in [-0.3, -0.25) is 9.59 Å². The molecule has 0 unspecified atom stereocenters. The van der Waals surface area contributed by atoms with Crippen molar-refractivity contribution in [1.82, 2.24) is 19.9 Å². The van der Waals surface area contributed by atoms with Crippen LogP contribution >= 0.6 is 23.1 Å². The molecule has 230 valence electrons. The average molecular weight is 632 g/mol. The smallest absolute Gasteiger partial charge is 0.250 e. The molecule has 0 radical (unpaired) electrons. The van der Waals surface area contributed by atoms with Crippen LogP contribution in [0.4, 0.5) is 5.69 Å². The Kier molecular flexibility index (Phi) is 10.2. The Balaban J connectivity index is 1.48. The Morgan fingerprint density at radius 3 is 2.36 bits per heavy atom. The minimum Gasteiger partial charge on any atom is -0.497 e. The number of nitrogens with one attached hydrogen (secondary N) is 1. The minimum absolute atomic E-state index is 0.0979. The van der Waals surface area contributed by atoms with Gasteiger partial charge in [-0.1, -0.05) is 61.4 Å². The van der Waals surface area contributed by atoms with E-state index < -0.39 is 5.54 Å². The molecule has 0 bridgehead atoms. The highest BCUT2D eigenvalue weighted by Gasteiger charge is 2.47. The van der Waals surface area contributed by atoms with Gasteiger partial charge in [0.15, 0.2) is 5.16 Å². The highest BCUT2D eigenvalue weighted by molar-refractivity contribution is 7.99. The molecule has 0 aliphatic heterocycles. The molecule has 1 saturated carbocycles. The van der Waals surface area contributed by atoms with E-state index in [2.05, 4.69) is 15.3 Å². The summed E-state index contributed by atoms with van der Waals surface area (Å²) < 4.78 is 10.9. The number of carbonyl (C=O) groups is 2. The summed E-state index contributed by atoms with van der Waals surface area (Å²) in [6.07, 6.45) is 3.76. The number of amides is 2. The quantitative estimate of drug-likeness (QED) is 0.144. The molecular weight excluding hydrogens is 595 g/mol. The molecular formula is C33H37N5O4S2. The maximum Gasteiger partial charge on any atom is 0.250 e. The predicted octanol–water partition coefficient (Wildman–Crippen LogP) is 6.70. The fourth-order valence-corrected chi connectivity index (χ4v) is 7.21. The first kappa shape index (κ1) is 31.5. The van der Waals surface area contributed by atoms with Crippen molar-refractivity contribution in [3.05, 3.63) is 76.4 Å². The van der Waals surface area contributed by atoms with E-state index >= 15 is 0 Å². The second-order valence-corrected chi connectivity index (χ2v) is 12.7. The largest absolute Gasteiger partial charge is 0.497 e. The number of hydrogen-bond acceptors (Lipinski definition) is 9. The highest BCUT2D eigenvalue weighted by atomic mass is 32.2. The molecule has 1 aliphatic rings. The van der Waals surface area contributed by atoms with Crippen molar-refractivity contribution in [3.8, 4) is 22.8 Å². The zero-order valence-electron chi connectivity index (χ0n) is 25.5. The van der Waals surface area contributed by atoms with Gasteiger partial charge in [0.2, 0.25) is 11.8 Å². The van der Waals surface area contributed by atoms with Gasteiger partial charge in [0.05, 0.1) is 37.9 Å². The summed E-state index contributed by atoms with van der Waals surface area (Å²) in [5.74, 6) is 0.805. The molecule has 0 atom stereocenters. The number of nitrogens with zero attached hydrogens (tertiary/aromatic N) is 4. The zero-order valence-corrected chi connectivity index (χ0v) is 27.1. The molecule has 2 heterocycles. The number of rotatable bonds is 11. The lowest BCUT2D eigenvalue weighted by Crippen LogP contribution is -2.60. The van der Waals surface area contributed by atoms with E-state index in [1.807, 2.05) is 55.6 Å². The van der Waals surface area contributed by atoms with Crippen molar-refractivity contribution in [2.24, 2.45) is 0 Å². The Bertz CT molecular complexity index is 1580. The van der Waals surface area contributed by atoms with Crippen molar-refractivity contribution in [1.29, 1.82) is 0 Å². The Morgan fingerprint density at radius 1 is 0.955 bits per heavy atom. The molecule has 2 aromatic carbocycles. The number of methoxy groups -OCH3 is 2. The van der Waals surface area contributed by atoms with Crippen LogP contribution in [0.5, 0.6) is 11.5 Å². The van der Waals surface area contributed by atoms with Crippen LogP contribution < -0.4 is 14.8 Å². The maximum atomic E-state index is 14.4. The van der Waals surface area contributed by atoms with Crippen molar-refractivity contribution in [2.45, 2.75) is 63.2 Å². The number of aromatic nitrogens is 3. The number of carbonyl (C=O) groups excluding carboxylic acids is 2. The average Bonchev–Trinajstić information content (AvgIpc) is 3.52. The molecule has 5 rings (SSSR count). The van der Waals surface area contributed by atoms with Crippen LogP contribution in [0.15, 0.2) is 65.1 Å². The lowest BCUT2D eigenvalue weighted by Gasteiger charge is -2.44. The van der Waals surface area contributed by atoms with Crippen LogP contribution in [0.2, 0.25) is 0 Å². The van der Waals surface area contributed by atoms with Gasteiger partial charge in [-0.05, 0) is 44.9 Å². The van der Waals surface area contributed by atoms with Crippen LogP contribution in [0.1, 0.15) is 48.5 Å². The molecule has 4 aromatic rings. The predicted molar refractivity (Wildman–Crippen MR) is 174 cm³/mol. The first-order chi connectivity index (χ1) is 21.3. The van der Waals surface area contributed by atoms with Crippen molar-refractivity contribution >= 4 is 40.6 Å². The first-order valence-electron chi connectivity index (χ1n) is 14.6. The number of benzene rings is 2. The summed E-state index contributed by atoms with van der Waals surface area (Å²) in [5, 5.41) is 6.41. The number of thioether (sulfide) groups is 1. The van der Waals surface area contributed by atoms with E-state index in [4.69, 9.17) is 14.5 Å². The maximum absolute atomic E-state index is 14.4. The third-order valence-electron chi connectivity index (χ3n) is 7.78. The number of thiazole rings is 1. The van der Waals surface area contributed by atoms with Gasteiger partial charge in [0.1, 0.15) is 22.0 Å². The van der Waals surface area contributed by atoms with Crippen LogP contribution in [0, 0.1) is 13.8 Å². The van der Waals surface area contributed by atoms with Crippen molar-refractivity contribution in [3.63, 3.8) is 0 Å².